The number of rotatable bonds is 13. The van der Waals surface area contributed by atoms with Gasteiger partial charge in [0.15, 0.2) is 40.5 Å². The molecule has 0 spiro atoms. The summed E-state index contributed by atoms with van der Waals surface area (Å²) >= 11 is 0. The van der Waals surface area contributed by atoms with Crippen LogP contribution in [0.1, 0.15) is 5.56 Å². The molecule has 19 heteroatoms. The maximum absolute atomic E-state index is 13.7. The summed E-state index contributed by atoms with van der Waals surface area (Å²) in [5, 5.41) is 16.3. The third kappa shape index (κ3) is 7.99. The lowest BCUT2D eigenvalue weighted by Gasteiger charge is -2.18. The van der Waals surface area contributed by atoms with E-state index in [2.05, 4.69) is 45.6 Å². The van der Waals surface area contributed by atoms with Crippen molar-refractivity contribution in [1.29, 1.82) is 0 Å². The number of nitrogens with one attached hydrogen (secondary N) is 3. The molecule has 18 nitrogen and oxygen atoms in total. The summed E-state index contributed by atoms with van der Waals surface area (Å²) in [6, 6.07) is 21.1. The van der Waals surface area contributed by atoms with Crippen LogP contribution in [0.5, 0.6) is 34.6 Å². The van der Waals surface area contributed by atoms with Gasteiger partial charge in [0.1, 0.15) is 18.9 Å². The van der Waals surface area contributed by atoms with Gasteiger partial charge in [-0.15, -0.1) is 5.10 Å². The zero-order chi connectivity index (χ0) is 36.8. The van der Waals surface area contributed by atoms with Gasteiger partial charge in [-0.05, 0) is 65.9 Å². The highest BCUT2D eigenvalue weighted by molar-refractivity contribution is 7.92. The van der Waals surface area contributed by atoms with Gasteiger partial charge in [0.05, 0.1) is 12.0 Å². The van der Waals surface area contributed by atoms with Crippen LogP contribution in [-0.4, -0.2) is 77.2 Å². The van der Waals surface area contributed by atoms with E-state index in [9.17, 15) is 13.2 Å². The Morgan fingerprint density at radius 2 is 1.75 bits per heavy atom. The largest absolute Gasteiger partial charge is 0.493 e. The van der Waals surface area contributed by atoms with E-state index in [4.69, 9.17) is 28.4 Å². The van der Waals surface area contributed by atoms with Crippen molar-refractivity contribution in [2.24, 2.45) is 0 Å². The van der Waals surface area contributed by atoms with Crippen molar-refractivity contribution in [2.75, 3.05) is 37.2 Å². The molecule has 0 fully saturated rings. The van der Waals surface area contributed by atoms with Gasteiger partial charge < -0.3 is 28.4 Å². The fraction of sp³-hybridized carbons (Fsp3) is 0.147. The Morgan fingerprint density at radius 1 is 0.943 bits per heavy atom. The molecule has 3 N–H and O–H groups in total. The number of fused-ring (bicyclic) bond motifs is 1. The molecule has 0 saturated heterocycles. The SMILES string of the molecule is COc1ccccc1Oc1c(NS(=O)(=O)c2ccc(C)cc2)nc(-c2ccnc(-c3nnn[nH]3)c2)nc1OCCOC(=O)Nc1ccc2c(c1)OCO2. The Morgan fingerprint density at radius 3 is 2.55 bits per heavy atom. The first kappa shape index (κ1) is 34.4. The second-order valence-electron chi connectivity index (χ2n) is 11.1. The van der Waals surface area contributed by atoms with Gasteiger partial charge in [-0.1, -0.05) is 29.8 Å². The highest BCUT2D eigenvalue weighted by Crippen LogP contribution is 2.42. The highest BCUT2D eigenvalue weighted by Gasteiger charge is 2.26. The minimum Gasteiger partial charge on any atom is -0.493 e. The van der Waals surface area contributed by atoms with E-state index in [1.807, 2.05) is 6.92 Å². The number of nitrogens with zero attached hydrogens (tertiary/aromatic N) is 6. The molecule has 3 aromatic heterocycles. The molecular weight excluding hydrogens is 710 g/mol. The minimum absolute atomic E-state index is 0.0200. The van der Waals surface area contributed by atoms with Crippen molar-refractivity contribution in [3.63, 3.8) is 0 Å². The molecule has 53 heavy (non-hydrogen) atoms. The maximum Gasteiger partial charge on any atom is 0.411 e. The Kier molecular flexibility index (Phi) is 9.79. The van der Waals surface area contributed by atoms with Gasteiger partial charge in [0, 0.05) is 23.5 Å². The quantitative estimate of drug-likeness (QED) is 0.133. The number of aromatic nitrogens is 7. The number of ether oxygens (including phenoxy) is 6. The van der Waals surface area contributed by atoms with Crippen molar-refractivity contribution >= 4 is 27.6 Å². The summed E-state index contributed by atoms with van der Waals surface area (Å²) in [6.45, 7) is 1.45. The summed E-state index contributed by atoms with van der Waals surface area (Å²) < 4.78 is 63.8. The number of amides is 1. The summed E-state index contributed by atoms with van der Waals surface area (Å²) in [5.41, 5.74) is 2.05. The van der Waals surface area contributed by atoms with Crippen molar-refractivity contribution < 1.29 is 41.6 Å². The monoisotopic (exact) mass is 739 g/mol. The average molecular weight is 740 g/mol. The average Bonchev–Trinajstić information content (AvgIpc) is 3.88. The van der Waals surface area contributed by atoms with Crippen LogP contribution in [-0.2, 0) is 14.8 Å². The molecule has 0 aliphatic carbocycles. The second-order valence-corrected chi connectivity index (χ2v) is 12.7. The number of benzene rings is 3. The molecule has 7 rings (SSSR count). The zero-order valence-corrected chi connectivity index (χ0v) is 28.8. The number of aromatic amines is 1. The third-order valence-corrected chi connectivity index (χ3v) is 8.81. The van der Waals surface area contributed by atoms with Crippen LogP contribution in [0.25, 0.3) is 22.9 Å². The third-order valence-electron chi connectivity index (χ3n) is 7.46. The van der Waals surface area contributed by atoms with Gasteiger partial charge in [0.2, 0.25) is 12.5 Å². The predicted octanol–water partition coefficient (Wildman–Crippen LogP) is 4.99. The zero-order valence-electron chi connectivity index (χ0n) is 28.0. The van der Waals surface area contributed by atoms with Gasteiger partial charge in [-0.25, -0.2) is 23.3 Å². The first-order chi connectivity index (χ1) is 25.8. The summed E-state index contributed by atoms with van der Waals surface area (Å²) in [4.78, 5) is 26.1. The molecule has 0 saturated carbocycles. The van der Waals surface area contributed by atoms with Crippen molar-refractivity contribution in [1.82, 2.24) is 35.6 Å². The van der Waals surface area contributed by atoms with Crippen molar-refractivity contribution in [3.05, 3.63) is 90.6 Å². The molecule has 3 aromatic carbocycles. The lowest BCUT2D eigenvalue weighted by Crippen LogP contribution is -2.19. The number of carbonyl (C=O) groups excluding carboxylic acids is 1. The normalized spacial score (nSPS) is 11.8. The maximum atomic E-state index is 13.7. The Hall–Kier alpha value is -7.02. The van der Waals surface area contributed by atoms with Crippen molar-refractivity contribution in [2.45, 2.75) is 11.8 Å². The van der Waals surface area contributed by atoms with Gasteiger partial charge in [-0.2, -0.15) is 4.98 Å². The molecule has 270 valence electrons. The molecule has 1 amide bonds. The molecule has 6 aromatic rings. The van der Waals surface area contributed by atoms with Crippen LogP contribution in [0.3, 0.4) is 0 Å². The van der Waals surface area contributed by atoms with E-state index >= 15 is 0 Å². The van der Waals surface area contributed by atoms with Gasteiger partial charge in [-0.3, -0.25) is 15.0 Å². The number of carbonyl (C=O) groups is 1. The second kappa shape index (κ2) is 15.1. The smallest absolute Gasteiger partial charge is 0.411 e. The first-order valence-corrected chi connectivity index (χ1v) is 17.2. The lowest BCUT2D eigenvalue weighted by molar-refractivity contribution is 0.135. The number of tetrazole rings is 1. The predicted molar refractivity (Wildman–Crippen MR) is 187 cm³/mol. The number of anilines is 2. The topological polar surface area (TPSA) is 224 Å². The van der Waals surface area contributed by atoms with E-state index < -0.39 is 16.1 Å². The molecule has 4 heterocycles. The number of hydrogen-bond donors (Lipinski definition) is 3. The van der Waals surface area contributed by atoms with E-state index in [1.165, 1.54) is 25.4 Å². The fourth-order valence-electron chi connectivity index (χ4n) is 4.90. The number of aryl methyl sites for hydroxylation is 1. The van der Waals surface area contributed by atoms with Crippen LogP contribution in [0.4, 0.5) is 16.3 Å². The molecule has 0 bridgehead atoms. The van der Waals surface area contributed by atoms with Crippen LogP contribution < -0.4 is 33.7 Å². The number of para-hydroxylation sites is 2. The van der Waals surface area contributed by atoms with Crippen molar-refractivity contribution in [3.8, 4) is 57.5 Å². The Labute approximate surface area is 301 Å². The lowest BCUT2D eigenvalue weighted by atomic mass is 10.2. The molecule has 1 aliphatic rings. The van der Waals surface area contributed by atoms with Crippen LogP contribution >= 0.6 is 0 Å². The molecule has 0 atom stereocenters. The number of pyridine rings is 1. The first-order valence-electron chi connectivity index (χ1n) is 15.7. The van der Waals surface area contributed by atoms with Gasteiger partial charge >= 0.3 is 6.09 Å². The van der Waals surface area contributed by atoms with Crippen LogP contribution in [0.15, 0.2) is 90.0 Å². The van der Waals surface area contributed by atoms with E-state index in [0.29, 0.717) is 34.2 Å². The molecule has 0 unspecified atom stereocenters. The van der Waals surface area contributed by atoms with E-state index in [1.54, 1.807) is 66.7 Å². The van der Waals surface area contributed by atoms with Crippen LogP contribution in [0.2, 0.25) is 0 Å². The summed E-state index contributed by atoms with van der Waals surface area (Å²) in [5.74, 6) is 1.22. The molecule has 0 radical (unpaired) electrons. The summed E-state index contributed by atoms with van der Waals surface area (Å²) in [7, 11) is -2.78. The number of methoxy groups -OCH3 is 1. The number of sulfonamides is 1. The molecule has 1 aliphatic heterocycles. The highest BCUT2D eigenvalue weighted by atomic mass is 32.2. The van der Waals surface area contributed by atoms with E-state index in [0.717, 1.165) is 5.56 Å². The minimum atomic E-state index is -4.24. The molecular formula is C34H29N9O9S. The standard InChI is InChI=1S/C34H29N9O9S/c1-20-7-10-23(11-8-20)53(45,46)41-32-29(52-27-6-4-3-5-25(27)47-2)33(38-30(37-32)21-13-14-35-24(17-21)31-39-42-43-40-31)48-15-16-49-34(44)36-22-9-12-26-28(18-22)51-19-50-26/h3-14,17-18H,15-16,19H2,1-2H3,(H,36,44)(H,37,38,41)(H,39,40,42,43). The van der Waals surface area contributed by atoms with Gasteiger partial charge in [0.25, 0.3) is 15.9 Å². The summed E-state index contributed by atoms with van der Waals surface area (Å²) in [6.07, 6.45) is 0.720. The number of hydrogen-bond acceptors (Lipinski definition) is 15. The van der Waals surface area contributed by atoms with Crippen LogP contribution in [0, 0.1) is 6.92 Å². The Balaban J connectivity index is 1.23. The number of H-pyrrole nitrogens is 1. The van der Waals surface area contributed by atoms with E-state index in [-0.39, 0.29) is 59.7 Å². The Bertz CT molecular complexity index is 2360. The fourth-order valence-corrected chi connectivity index (χ4v) is 5.91.